The van der Waals surface area contributed by atoms with Gasteiger partial charge in [-0.3, -0.25) is 9.78 Å². The number of carbonyl (C=O) groups is 1. The summed E-state index contributed by atoms with van der Waals surface area (Å²) >= 11 is 1.42. The second-order valence-electron chi connectivity index (χ2n) is 7.98. The molecular formula is C22H19F3N4O2S. The quantitative estimate of drug-likeness (QED) is 0.565. The molecule has 2 bridgehead atoms. The highest BCUT2D eigenvalue weighted by Crippen LogP contribution is 2.39. The van der Waals surface area contributed by atoms with Crippen LogP contribution in [0.3, 0.4) is 0 Å². The van der Waals surface area contributed by atoms with Crippen LogP contribution in [0.1, 0.15) is 35.2 Å². The molecule has 2 saturated heterocycles. The number of thiazole rings is 1. The van der Waals surface area contributed by atoms with E-state index >= 15 is 0 Å². The third-order valence-electron chi connectivity index (χ3n) is 5.99. The van der Waals surface area contributed by atoms with Crippen molar-refractivity contribution in [2.45, 2.75) is 37.6 Å². The Kier molecular flexibility index (Phi) is 5.32. The molecule has 0 unspecified atom stereocenters. The van der Waals surface area contributed by atoms with Crippen LogP contribution >= 0.6 is 11.3 Å². The number of rotatable bonds is 4. The highest BCUT2D eigenvalue weighted by molar-refractivity contribution is 7.13. The van der Waals surface area contributed by atoms with Gasteiger partial charge in [-0.05, 0) is 43.4 Å². The third-order valence-corrected chi connectivity index (χ3v) is 6.77. The molecule has 6 nitrogen and oxygen atoms in total. The zero-order valence-electron chi connectivity index (χ0n) is 16.8. The first kappa shape index (κ1) is 20.9. The van der Waals surface area contributed by atoms with Gasteiger partial charge < -0.3 is 9.64 Å². The zero-order chi connectivity index (χ0) is 22.3. The van der Waals surface area contributed by atoms with Gasteiger partial charge in [0.05, 0.1) is 17.2 Å². The molecule has 3 atom stereocenters. The van der Waals surface area contributed by atoms with Crippen LogP contribution in [0.25, 0.3) is 10.7 Å². The Labute approximate surface area is 186 Å². The largest absolute Gasteiger partial charge is 0.472 e. The van der Waals surface area contributed by atoms with E-state index in [1.807, 2.05) is 10.3 Å². The first-order valence-corrected chi connectivity index (χ1v) is 11.1. The van der Waals surface area contributed by atoms with Gasteiger partial charge in [-0.2, -0.15) is 13.2 Å². The topological polar surface area (TPSA) is 68.2 Å². The number of halogens is 3. The van der Waals surface area contributed by atoms with Crippen LogP contribution in [-0.2, 0) is 6.18 Å². The van der Waals surface area contributed by atoms with Gasteiger partial charge in [0, 0.05) is 36.6 Å². The maximum absolute atomic E-state index is 13.5. The van der Waals surface area contributed by atoms with Crippen molar-refractivity contribution in [2.75, 3.05) is 6.54 Å². The molecule has 1 saturated carbocycles. The number of alkyl halides is 3. The zero-order valence-corrected chi connectivity index (χ0v) is 17.6. The number of fused-ring (bicyclic) bond motifs is 3. The molecule has 166 valence electrons. The lowest BCUT2D eigenvalue weighted by atomic mass is 9.77. The summed E-state index contributed by atoms with van der Waals surface area (Å²) in [6.45, 7) is 0.621. The normalized spacial score (nSPS) is 22.7. The molecule has 3 aromatic heterocycles. The second-order valence-corrected chi connectivity index (χ2v) is 8.87. The second kappa shape index (κ2) is 8.16. The number of amides is 1. The Bertz CT molecular complexity index is 1110. The fourth-order valence-corrected chi connectivity index (χ4v) is 5.15. The summed E-state index contributed by atoms with van der Waals surface area (Å²) in [5.41, 5.74) is 0.218. The van der Waals surface area contributed by atoms with Crippen LogP contribution in [-0.4, -0.2) is 44.4 Å². The van der Waals surface area contributed by atoms with E-state index in [1.165, 1.54) is 17.4 Å². The average Bonchev–Trinajstić information content (AvgIpc) is 3.33. The molecule has 10 heteroatoms. The molecule has 1 aliphatic carbocycles. The van der Waals surface area contributed by atoms with Crippen LogP contribution in [0.15, 0.2) is 48.2 Å². The highest BCUT2D eigenvalue weighted by Gasteiger charge is 2.45. The number of ether oxygens (including phenoxy) is 1. The van der Waals surface area contributed by atoms with E-state index in [4.69, 9.17) is 4.74 Å². The van der Waals surface area contributed by atoms with Crippen molar-refractivity contribution < 1.29 is 22.7 Å². The molecule has 3 aromatic rings. The van der Waals surface area contributed by atoms with Crippen molar-refractivity contribution in [1.29, 1.82) is 0 Å². The number of piperidine rings is 2. The Morgan fingerprint density at radius 3 is 2.69 bits per heavy atom. The van der Waals surface area contributed by atoms with Gasteiger partial charge in [0.25, 0.3) is 5.91 Å². The molecule has 5 heterocycles. The van der Waals surface area contributed by atoms with Crippen LogP contribution in [0.2, 0.25) is 0 Å². The van der Waals surface area contributed by atoms with Crippen LogP contribution in [0.4, 0.5) is 13.2 Å². The van der Waals surface area contributed by atoms with Crippen molar-refractivity contribution in [3.8, 4) is 16.6 Å². The van der Waals surface area contributed by atoms with E-state index < -0.39 is 11.7 Å². The number of nitrogens with zero attached hydrogens (tertiary/aromatic N) is 4. The third kappa shape index (κ3) is 3.94. The molecule has 32 heavy (non-hydrogen) atoms. The summed E-state index contributed by atoms with van der Waals surface area (Å²) in [6, 6.07) is 5.50. The fourth-order valence-electron chi connectivity index (χ4n) is 4.51. The van der Waals surface area contributed by atoms with Gasteiger partial charge in [-0.25, -0.2) is 9.97 Å². The van der Waals surface area contributed by atoms with E-state index in [2.05, 4.69) is 15.0 Å². The Balaban J connectivity index is 1.37. The Morgan fingerprint density at radius 1 is 1.12 bits per heavy atom. The highest BCUT2D eigenvalue weighted by atomic mass is 32.1. The first-order valence-electron chi connectivity index (χ1n) is 10.3. The minimum absolute atomic E-state index is 0.132. The van der Waals surface area contributed by atoms with Crippen LogP contribution in [0, 0.1) is 5.92 Å². The maximum atomic E-state index is 13.5. The number of hydrogen-bond donors (Lipinski definition) is 0. The predicted octanol–water partition coefficient (Wildman–Crippen LogP) is 4.69. The minimum Gasteiger partial charge on any atom is -0.472 e. The SMILES string of the molecule is O=C(c1cccnc1-c1nccs1)N1C[C@@H]2CC[C@H]1[C@H](Oc1ccc(C(F)(F)F)cn1)C2. The number of carbonyl (C=O) groups excluding carboxylic acids is 1. The molecule has 6 rings (SSSR count). The molecule has 0 spiro atoms. The van der Waals surface area contributed by atoms with Crippen molar-refractivity contribution in [3.05, 3.63) is 59.4 Å². The monoisotopic (exact) mass is 460 g/mol. The van der Waals surface area contributed by atoms with Gasteiger partial charge in [-0.15, -0.1) is 11.3 Å². The molecule has 0 N–H and O–H groups in total. The lowest BCUT2D eigenvalue weighted by molar-refractivity contribution is -0.137. The predicted molar refractivity (Wildman–Crippen MR) is 111 cm³/mol. The molecule has 1 amide bonds. The lowest BCUT2D eigenvalue weighted by Gasteiger charge is -2.49. The van der Waals surface area contributed by atoms with Gasteiger partial charge in [0.1, 0.15) is 16.8 Å². The van der Waals surface area contributed by atoms with Gasteiger partial charge in [0.2, 0.25) is 5.88 Å². The summed E-state index contributed by atoms with van der Waals surface area (Å²) in [4.78, 5) is 27.9. The standard InChI is InChI=1S/C22H19F3N4O2S/c23-22(24,25)14-4-6-18(28-11-14)31-17-10-13-3-5-16(17)29(12-13)21(30)15-2-1-7-26-19(15)20-27-8-9-32-20/h1-2,4,6-9,11,13,16-17H,3,5,10,12H2/t13-,16+,17-/m1/s1. The van der Waals surface area contributed by atoms with E-state index in [9.17, 15) is 18.0 Å². The van der Waals surface area contributed by atoms with Crippen LogP contribution < -0.4 is 4.74 Å². The summed E-state index contributed by atoms with van der Waals surface area (Å²) in [6.07, 6.45) is 1.81. The minimum atomic E-state index is -4.45. The summed E-state index contributed by atoms with van der Waals surface area (Å²) < 4.78 is 44.4. The molecule has 0 radical (unpaired) electrons. The van der Waals surface area contributed by atoms with Crippen LogP contribution in [0.5, 0.6) is 5.88 Å². The number of hydrogen-bond acceptors (Lipinski definition) is 6. The van der Waals surface area contributed by atoms with Crippen molar-refractivity contribution in [3.63, 3.8) is 0 Å². The van der Waals surface area contributed by atoms with E-state index in [0.29, 0.717) is 22.8 Å². The first-order chi connectivity index (χ1) is 15.4. The van der Waals surface area contributed by atoms with E-state index in [-0.39, 0.29) is 29.9 Å². The van der Waals surface area contributed by atoms with Gasteiger partial charge in [-0.1, -0.05) is 0 Å². The average molecular weight is 460 g/mol. The Morgan fingerprint density at radius 2 is 2.00 bits per heavy atom. The summed E-state index contributed by atoms with van der Waals surface area (Å²) in [5.74, 6) is 0.267. The van der Waals surface area contributed by atoms with Crippen molar-refractivity contribution in [2.24, 2.45) is 5.92 Å². The smallest absolute Gasteiger partial charge is 0.417 e. The fraction of sp³-hybridized carbons (Fsp3) is 0.364. The van der Waals surface area contributed by atoms with Gasteiger partial charge >= 0.3 is 6.18 Å². The summed E-state index contributed by atoms with van der Waals surface area (Å²) in [7, 11) is 0. The molecule has 3 fully saturated rings. The summed E-state index contributed by atoms with van der Waals surface area (Å²) in [5, 5.41) is 2.51. The number of aromatic nitrogens is 3. The van der Waals surface area contributed by atoms with E-state index in [1.54, 1.807) is 24.5 Å². The number of pyridine rings is 2. The lowest BCUT2D eigenvalue weighted by Crippen LogP contribution is -2.59. The molecule has 3 aliphatic rings. The van der Waals surface area contributed by atoms with Crippen molar-refractivity contribution >= 4 is 17.2 Å². The Hall–Kier alpha value is -3.01. The van der Waals surface area contributed by atoms with E-state index in [0.717, 1.165) is 31.5 Å². The molecule has 2 aliphatic heterocycles. The van der Waals surface area contributed by atoms with Crippen molar-refractivity contribution in [1.82, 2.24) is 19.9 Å². The maximum Gasteiger partial charge on any atom is 0.417 e. The van der Waals surface area contributed by atoms with Gasteiger partial charge in [0.15, 0.2) is 0 Å². The molecular weight excluding hydrogens is 441 g/mol. The molecule has 0 aromatic carbocycles.